The molecule has 0 fully saturated rings. The molecule has 0 amide bonds. The highest BCUT2D eigenvalue weighted by Crippen LogP contribution is 2.50. The Bertz CT molecular complexity index is 879. The molecule has 170 valence electrons. The topological polar surface area (TPSA) is 126 Å². The average Bonchev–Trinajstić information content (AvgIpc) is 2.44. The van der Waals surface area contributed by atoms with E-state index < -0.39 is 62.7 Å². The highest BCUT2D eigenvalue weighted by Gasteiger charge is 2.82. The van der Waals surface area contributed by atoms with Crippen LogP contribution in [0, 0.1) is 0 Å². The van der Waals surface area contributed by atoms with Gasteiger partial charge in [0.05, 0.1) is 0 Å². The van der Waals surface area contributed by atoms with Crippen LogP contribution in [-0.2, 0) is 30.1 Å². The summed E-state index contributed by atoms with van der Waals surface area (Å²) in [5, 5.41) is -14.2. The van der Waals surface area contributed by atoms with Crippen molar-refractivity contribution >= 4 is 30.1 Å². The van der Waals surface area contributed by atoms with Gasteiger partial charge >= 0.3 is 32.0 Å². The second-order valence-electron chi connectivity index (χ2n) is 4.90. The van der Waals surface area contributed by atoms with E-state index in [2.05, 4.69) is 0 Å². The summed E-state index contributed by atoms with van der Waals surface area (Å²) >= 11 is 0. The molecule has 0 spiro atoms. The second kappa shape index (κ2) is 7.76. The molecule has 0 atom stereocenters. The largest absolute Gasteiger partial charge is 0.512 e. The highest BCUT2D eigenvalue weighted by atomic mass is 32.3. The number of hydrogen-bond acceptors (Lipinski definition) is 6. The lowest BCUT2D eigenvalue weighted by molar-refractivity contribution is -0.244. The zero-order valence-electron chi connectivity index (χ0n) is 13.2. The van der Waals surface area contributed by atoms with Crippen LogP contribution < -0.4 is 8.85 Å². The summed E-state index contributed by atoms with van der Waals surface area (Å²) in [5.41, 5.74) is -6.61. The molecular formula is C8H11F9N2O6S3. The second-order valence-corrected chi connectivity index (χ2v) is 10.4. The molecule has 0 aromatic carbocycles. The molecule has 2 N–H and O–H groups in total. The van der Waals surface area contributed by atoms with Crippen LogP contribution in [0.25, 0.3) is 0 Å². The summed E-state index contributed by atoms with van der Waals surface area (Å²) in [7, 11) is -21.7. The predicted molar refractivity (Wildman–Crippen MR) is 73.7 cm³/mol. The molecule has 0 unspecified atom stereocenters. The molecule has 0 radical (unpaired) electrons. The van der Waals surface area contributed by atoms with Crippen LogP contribution in [0.15, 0.2) is 0 Å². The first-order valence-electron chi connectivity index (χ1n) is 6.49. The fraction of sp³-hybridized carbons (Fsp3) is 1.00. The lowest BCUT2D eigenvalue weighted by atomic mass is 10.3. The van der Waals surface area contributed by atoms with Crippen LogP contribution in [0.3, 0.4) is 0 Å². The van der Waals surface area contributed by atoms with E-state index in [1.54, 1.807) is 0 Å². The number of hydrogen-bond donors (Lipinski definition) is 2. The van der Waals surface area contributed by atoms with Crippen LogP contribution in [-0.4, -0.2) is 53.7 Å². The first-order chi connectivity index (χ1) is 12.0. The van der Waals surface area contributed by atoms with Crippen LogP contribution >= 0.6 is 0 Å². The zero-order valence-corrected chi connectivity index (χ0v) is 15.6. The highest BCUT2D eigenvalue weighted by molar-refractivity contribution is 8.05. The summed E-state index contributed by atoms with van der Waals surface area (Å²) in [6.45, 7) is 0.429. The van der Waals surface area contributed by atoms with Crippen molar-refractivity contribution in [2.75, 3.05) is 6.54 Å². The van der Waals surface area contributed by atoms with Gasteiger partial charge in [-0.3, -0.25) is 0 Å². The maximum Gasteiger partial charge on any atom is 0.512 e. The SMILES string of the molecule is CCCCNS(=O)(=O)C(F)(F)C(F)(F)C(F)(F)S(=O)(=O)NS(=O)(=O)C(F)(F)F. The summed E-state index contributed by atoms with van der Waals surface area (Å²) in [6.07, 6.45) is -0.116. The van der Waals surface area contributed by atoms with Crippen molar-refractivity contribution < 1.29 is 64.8 Å². The van der Waals surface area contributed by atoms with Gasteiger partial charge in [-0.25, -0.2) is 30.0 Å². The molecule has 0 aliphatic carbocycles. The lowest BCUT2D eigenvalue weighted by Gasteiger charge is -2.31. The van der Waals surface area contributed by atoms with Crippen molar-refractivity contribution in [1.82, 2.24) is 8.85 Å². The third-order valence-corrected chi connectivity index (χ3v) is 7.56. The molecule has 0 aliphatic heterocycles. The molecule has 20 heteroatoms. The van der Waals surface area contributed by atoms with Crippen molar-refractivity contribution in [2.24, 2.45) is 0 Å². The molecule has 8 nitrogen and oxygen atoms in total. The molecule has 0 aromatic rings. The van der Waals surface area contributed by atoms with Crippen LogP contribution in [0.4, 0.5) is 39.5 Å². The van der Waals surface area contributed by atoms with E-state index in [1.165, 1.54) is 6.92 Å². The predicted octanol–water partition coefficient (Wildman–Crippen LogP) is 1.30. The summed E-state index contributed by atoms with van der Waals surface area (Å²) in [4.78, 5) is 0. The van der Waals surface area contributed by atoms with Gasteiger partial charge in [-0.05, 0) is 6.42 Å². The van der Waals surface area contributed by atoms with Crippen LogP contribution in [0.5, 0.6) is 0 Å². The van der Waals surface area contributed by atoms with E-state index in [4.69, 9.17) is 0 Å². The van der Waals surface area contributed by atoms with Gasteiger partial charge in [0.1, 0.15) is 0 Å². The van der Waals surface area contributed by atoms with Crippen molar-refractivity contribution in [3.05, 3.63) is 0 Å². The Kier molecular flexibility index (Phi) is 7.52. The normalized spacial score (nSPS) is 15.6. The van der Waals surface area contributed by atoms with Gasteiger partial charge in [0.2, 0.25) is 0 Å². The molecular weight excluding hydrogens is 487 g/mol. The van der Waals surface area contributed by atoms with E-state index in [1.807, 2.05) is 0 Å². The van der Waals surface area contributed by atoms with E-state index >= 15 is 0 Å². The number of halogens is 9. The quantitative estimate of drug-likeness (QED) is 0.346. The average molecular weight is 498 g/mol. The minimum absolute atomic E-state index is 0.119. The number of sulfonamides is 3. The maximum absolute atomic E-state index is 13.6. The van der Waals surface area contributed by atoms with E-state index in [0.29, 0.717) is 0 Å². The molecule has 0 rings (SSSR count). The minimum atomic E-state index is -7.74. The molecule has 0 saturated heterocycles. The summed E-state index contributed by atoms with van der Waals surface area (Å²) in [5.74, 6) is -7.40. The Balaban J connectivity index is 6.24. The van der Waals surface area contributed by atoms with E-state index in [9.17, 15) is 64.8 Å². The van der Waals surface area contributed by atoms with Gasteiger partial charge in [0, 0.05) is 6.54 Å². The molecule has 0 bridgehead atoms. The minimum Gasteiger partial charge on any atom is -0.210 e. The van der Waals surface area contributed by atoms with Gasteiger partial charge in [0.25, 0.3) is 20.0 Å². The third kappa shape index (κ3) is 4.65. The smallest absolute Gasteiger partial charge is 0.210 e. The molecule has 0 aliphatic rings. The van der Waals surface area contributed by atoms with E-state index in [0.717, 1.165) is 4.72 Å². The fourth-order valence-electron chi connectivity index (χ4n) is 1.22. The van der Waals surface area contributed by atoms with Crippen molar-refractivity contribution in [3.8, 4) is 0 Å². The Morgan fingerprint density at radius 2 is 1.07 bits per heavy atom. The van der Waals surface area contributed by atoms with E-state index in [-0.39, 0.29) is 12.8 Å². The number of alkyl halides is 9. The van der Waals surface area contributed by atoms with Crippen molar-refractivity contribution in [2.45, 2.75) is 41.7 Å². The Morgan fingerprint density at radius 1 is 0.679 bits per heavy atom. The van der Waals surface area contributed by atoms with Crippen molar-refractivity contribution in [1.29, 1.82) is 0 Å². The first-order valence-corrected chi connectivity index (χ1v) is 10.9. The van der Waals surface area contributed by atoms with Gasteiger partial charge in [-0.2, -0.15) is 39.5 Å². The molecule has 0 saturated carbocycles. The standard InChI is InChI=1S/C8H11F9N2O6S3/c1-2-3-4-18-26(20,21)6(11,12)5(9,10)7(13,14)27(22,23)19-28(24,25)8(15,16)17/h18-19H,2-4H2,1H3. The van der Waals surface area contributed by atoms with Gasteiger partial charge in [-0.1, -0.05) is 17.5 Å². The monoisotopic (exact) mass is 498 g/mol. The van der Waals surface area contributed by atoms with Gasteiger partial charge in [0.15, 0.2) is 0 Å². The Labute approximate surface area is 152 Å². The summed E-state index contributed by atoms with van der Waals surface area (Å²) < 4.78 is 183. The van der Waals surface area contributed by atoms with Crippen LogP contribution in [0.2, 0.25) is 0 Å². The number of rotatable bonds is 10. The number of unbranched alkanes of at least 4 members (excludes halogenated alkanes) is 1. The lowest BCUT2D eigenvalue weighted by Crippen LogP contribution is -2.65. The number of nitrogens with one attached hydrogen (secondary N) is 2. The fourth-order valence-corrected chi connectivity index (χ4v) is 4.77. The molecule has 28 heavy (non-hydrogen) atoms. The zero-order chi connectivity index (χ0) is 23.0. The third-order valence-electron chi connectivity index (χ3n) is 2.75. The maximum atomic E-state index is 13.6. The Morgan fingerprint density at radius 3 is 1.43 bits per heavy atom. The summed E-state index contributed by atoms with van der Waals surface area (Å²) in [6, 6.07) is 0. The van der Waals surface area contributed by atoms with Crippen LogP contribution in [0.1, 0.15) is 19.8 Å². The first kappa shape index (κ1) is 27.1. The molecule has 0 heterocycles. The van der Waals surface area contributed by atoms with Crippen molar-refractivity contribution in [3.63, 3.8) is 0 Å². The molecule has 0 aromatic heterocycles. The Hall–Kier alpha value is -0.860. The van der Waals surface area contributed by atoms with Gasteiger partial charge in [-0.15, -0.1) is 0 Å². The van der Waals surface area contributed by atoms with Gasteiger partial charge < -0.3 is 0 Å².